The van der Waals surface area contributed by atoms with Crippen LogP contribution in [0.4, 0.5) is 5.13 Å². The summed E-state index contributed by atoms with van der Waals surface area (Å²) in [5.41, 5.74) is 2.46. The molecule has 0 aliphatic rings. The van der Waals surface area contributed by atoms with E-state index in [9.17, 15) is 4.79 Å². The normalized spacial score (nSPS) is 11.2. The Hall–Kier alpha value is -2.86. The molecule has 0 saturated carbocycles. The van der Waals surface area contributed by atoms with Crippen molar-refractivity contribution in [1.29, 1.82) is 0 Å². The molecule has 0 atom stereocenters. The number of halogens is 2. The highest BCUT2D eigenvalue weighted by Gasteiger charge is 2.11. The number of carbonyl (C=O) groups excluding carboxylic acids is 1. The molecule has 4 rings (SSSR count). The van der Waals surface area contributed by atoms with Crippen molar-refractivity contribution in [3.05, 3.63) is 81.7 Å². The maximum atomic E-state index is 12.4. The second kappa shape index (κ2) is 8.88. The lowest BCUT2D eigenvalue weighted by molar-refractivity contribution is -0.111. The summed E-state index contributed by atoms with van der Waals surface area (Å²) < 4.78 is 5.29. The Morgan fingerprint density at radius 3 is 2.77 bits per heavy atom. The first-order chi connectivity index (χ1) is 14.5. The van der Waals surface area contributed by atoms with Crippen LogP contribution in [0.5, 0.6) is 5.75 Å². The Morgan fingerprint density at radius 2 is 1.93 bits per heavy atom. The molecule has 4 aromatic rings. The molecule has 0 bridgehead atoms. The van der Waals surface area contributed by atoms with Gasteiger partial charge in [0.25, 0.3) is 0 Å². The minimum atomic E-state index is -0.313. The van der Waals surface area contributed by atoms with Gasteiger partial charge in [-0.3, -0.25) is 10.1 Å². The first kappa shape index (κ1) is 20.4. The number of thiazole rings is 1. The van der Waals surface area contributed by atoms with Gasteiger partial charge < -0.3 is 4.74 Å². The summed E-state index contributed by atoms with van der Waals surface area (Å²) in [5.74, 6) is 0.143. The predicted octanol–water partition coefficient (Wildman–Crippen LogP) is 6.93. The number of carbonyl (C=O) groups is 1. The maximum absolute atomic E-state index is 12.4. The minimum Gasteiger partial charge on any atom is -0.495 e. The standard InChI is InChI=1S/C23H16Cl2N2O2S/c1-29-22-15(11-16(24)12-19(22)25)9-10-21(28)27-23-26-20(13-30-23)18-8-4-6-14-5-2-3-7-17(14)18/h2-13H,1H3,(H,26,27,28)/b10-9+. The van der Waals surface area contributed by atoms with Crippen LogP contribution >= 0.6 is 34.5 Å². The molecule has 1 N–H and O–H groups in total. The number of benzene rings is 3. The third-order valence-electron chi connectivity index (χ3n) is 4.46. The molecule has 4 nitrogen and oxygen atoms in total. The number of amides is 1. The molecule has 30 heavy (non-hydrogen) atoms. The largest absolute Gasteiger partial charge is 0.495 e. The number of nitrogens with one attached hydrogen (secondary N) is 1. The van der Waals surface area contributed by atoms with Crippen LogP contribution in [0.2, 0.25) is 10.0 Å². The van der Waals surface area contributed by atoms with E-state index in [4.69, 9.17) is 27.9 Å². The van der Waals surface area contributed by atoms with Gasteiger partial charge in [0.2, 0.25) is 5.91 Å². The van der Waals surface area contributed by atoms with Gasteiger partial charge in [-0.2, -0.15) is 0 Å². The van der Waals surface area contributed by atoms with Gasteiger partial charge in [-0.15, -0.1) is 11.3 Å². The van der Waals surface area contributed by atoms with Gasteiger partial charge in [-0.25, -0.2) is 4.98 Å². The predicted molar refractivity (Wildman–Crippen MR) is 126 cm³/mol. The maximum Gasteiger partial charge on any atom is 0.250 e. The van der Waals surface area contributed by atoms with Crippen LogP contribution in [0.1, 0.15) is 5.56 Å². The van der Waals surface area contributed by atoms with Crippen LogP contribution in [0.15, 0.2) is 66.1 Å². The second-order valence-corrected chi connectivity index (χ2v) is 8.10. The molecule has 0 spiro atoms. The van der Waals surface area contributed by atoms with Crippen LogP contribution < -0.4 is 10.1 Å². The van der Waals surface area contributed by atoms with Crippen molar-refractivity contribution in [2.75, 3.05) is 12.4 Å². The first-order valence-electron chi connectivity index (χ1n) is 9.01. The van der Waals surface area contributed by atoms with E-state index >= 15 is 0 Å². The van der Waals surface area contributed by atoms with Crippen molar-refractivity contribution < 1.29 is 9.53 Å². The SMILES string of the molecule is COc1c(Cl)cc(Cl)cc1/C=C/C(=O)Nc1nc(-c2cccc3ccccc23)cs1. The summed E-state index contributed by atoms with van der Waals surface area (Å²) in [6.45, 7) is 0. The fraction of sp³-hybridized carbons (Fsp3) is 0.0435. The third-order valence-corrected chi connectivity index (χ3v) is 5.71. The van der Waals surface area contributed by atoms with E-state index in [0.717, 1.165) is 22.0 Å². The summed E-state index contributed by atoms with van der Waals surface area (Å²) in [6, 6.07) is 17.5. The number of anilines is 1. The van der Waals surface area contributed by atoms with Crippen molar-refractivity contribution in [3.8, 4) is 17.0 Å². The van der Waals surface area contributed by atoms with Crippen molar-refractivity contribution in [1.82, 2.24) is 4.98 Å². The molecule has 0 aliphatic carbocycles. The van der Waals surface area contributed by atoms with Gasteiger partial charge in [-0.05, 0) is 29.0 Å². The lowest BCUT2D eigenvalue weighted by Gasteiger charge is -2.07. The van der Waals surface area contributed by atoms with Gasteiger partial charge in [-0.1, -0.05) is 65.7 Å². The minimum absolute atomic E-state index is 0.313. The molecule has 0 aliphatic heterocycles. The van der Waals surface area contributed by atoms with Gasteiger partial charge in [0.15, 0.2) is 5.13 Å². The average Bonchev–Trinajstić information content (AvgIpc) is 3.19. The summed E-state index contributed by atoms with van der Waals surface area (Å²) in [5, 5.41) is 8.34. The molecular formula is C23H16Cl2N2O2S. The number of fused-ring (bicyclic) bond motifs is 1. The second-order valence-electron chi connectivity index (χ2n) is 6.40. The van der Waals surface area contributed by atoms with Crippen molar-refractivity contribution in [2.24, 2.45) is 0 Å². The van der Waals surface area contributed by atoms with Crippen molar-refractivity contribution >= 4 is 62.4 Å². The fourth-order valence-electron chi connectivity index (χ4n) is 3.14. The smallest absolute Gasteiger partial charge is 0.250 e. The zero-order valence-electron chi connectivity index (χ0n) is 15.9. The quantitative estimate of drug-likeness (QED) is 0.332. The highest BCUT2D eigenvalue weighted by atomic mass is 35.5. The van der Waals surface area contributed by atoms with Crippen LogP contribution in [0.25, 0.3) is 28.1 Å². The first-order valence-corrected chi connectivity index (χ1v) is 10.6. The Kier molecular flexibility index (Phi) is 6.04. The van der Waals surface area contributed by atoms with Crippen LogP contribution in [0.3, 0.4) is 0 Å². The summed E-state index contributed by atoms with van der Waals surface area (Å²) in [6.07, 6.45) is 2.99. The van der Waals surface area contributed by atoms with E-state index in [1.54, 1.807) is 18.2 Å². The van der Waals surface area contributed by atoms with E-state index in [2.05, 4.69) is 28.5 Å². The Bertz CT molecular complexity index is 1260. The molecule has 0 unspecified atom stereocenters. The fourth-order valence-corrected chi connectivity index (χ4v) is 4.44. The molecule has 0 fully saturated rings. The zero-order chi connectivity index (χ0) is 21.1. The van der Waals surface area contributed by atoms with Crippen LogP contribution in [0, 0.1) is 0 Å². The van der Waals surface area contributed by atoms with Crippen LogP contribution in [-0.4, -0.2) is 18.0 Å². The highest BCUT2D eigenvalue weighted by Crippen LogP contribution is 2.33. The summed E-state index contributed by atoms with van der Waals surface area (Å²) in [7, 11) is 1.51. The van der Waals surface area contributed by atoms with Crippen LogP contribution in [-0.2, 0) is 4.79 Å². The van der Waals surface area contributed by atoms with E-state index < -0.39 is 0 Å². The topological polar surface area (TPSA) is 51.2 Å². The molecule has 1 heterocycles. The summed E-state index contributed by atoms with van der Waals surface area (Å²) >= 11 is 13.5. The number of aromatic nitrogens is 1. The molecule has 3 aromatic carbocycles. The number of nitrogens with zero attached hydrogens (tertiary/aromatic N) is 1. The lowest BCUT2D eigenvalue weighted by Crippen LogP contribution is -2.07. The molecule has 150 valence electrons. The Labute approximate surface area is 187 Å². The van der Waals surface area contributed by atoms with Crippen molar-refractivity contribution in [2.45, 2.75) is 0 Å². The molecule has 7 heteroatoms. The third kappa shape index (κ3) is 4.33. The van der Waals surface area contributed by atoms with Crippen molar-refractivity contribution in [3.63, 3.8) is 0 Å². The molecule has 0 saturated heterocycles. The van der Waals surface area contributed by atoms with E-state index in [1.807, 2.05) is 29.6 Å². The zero-order valence-corrected chi connectivity index (χ0v) is 18.2. The Balaban J connectivity index is 1.53. The average molecular weight is 455 g/mol. The van der Waals surface area contributed by atoms with E-state index in [-0.39, 0.29) is 5.91 Å². The lowest BCUT2D eigenvalue weighted by atomic mass is 10.0. The molecule has 1 amide bonds. The number of rotatable bonds is 5. The molecule has 0 radical (unpaired) electrons. The number of hydrogen-bond acceptors (Lipinski definition) is 4. The number of methoxy groups -OCH3 is 1. The van der Waals surface area contributed by atoms with E-state index in [0.29, 0.717) is 26.5 Å². The monoisotopic (exact) mass is 454 g/mol. The van der Waals surface area contributed by atoms with Gasteiger partial charge in [0.1, 0.15) is 5.75 Å². The molecule has 1 aromatic heterocycles. The molecular weight excluding hydrogens is 439 g/mol. The van der Waals surface area contributed by atoms with Gasteiger partial charge in [0.05, 0.1) is 17.8 Å². The number of ether oxygens (including phenoxy) is 1. The highest BCUT2D eigenvalue weighted by molar-refractivity contribution is 7.14. The summed E-state index contributed by atoms with van der Waals surface area (Å²) in [4.78, 5) is 16.9. The van der Waals surface area contributed by atoms with Gasteiger partial charge >= 0.3 is 0 Å². The van der Waals surface area contributed by atoms with E-state index in [1.165, 1.54) is 24.5 Å². The number of hydrogen-bond donors (Lipinski definition) is 1. The Morgan fingerprint density at radius 1 is 1.13 bits per heavy atom. The van der Waals surface area contributed by atoms with Gasteiger partial charge in [0, 0.05) is 27.6 Å².